The molecule has 0 radical (unpaired) electrons. The summed E-state index contributed by atoms with van der Waals surface area (Å²) in [5.41, 5.74) is 4.86. The second kappa shape index (κ2) is 14.7. The Hall–Kier alpha value is -2.48. The van der Waals surface area contributed by atoms with E-state index in [1.165, 1.54) is 68.2 Å². The van der Waals surface area contributed by atoms with E-state index >= 15 is 0 Å². The van der Waals surface area contributed by atoms with E-state index in [9.17, 15) is 0 Å². The molecule has 2 heteroatoms. The van der Waals surface area contributed by atoms with Crippen molar-refractivity contribution in [1.29, 1.82) is 0 Å². The Kier molecular flexibility index (Phi) is 11.3. The monoisotopic (exact) mass is 456 g/mol. The Balaban J connectivity index is 1.68. The van der Waals surface area contributed by atoms with E-state index in [2.05, 4.69) is 80.1 Å². The predicted octanol–water partition coefficient (Wildman–Crippen LogP) is 9.04. The van der Waals surface area contributed by atoms with Gasteiger partial charge in [0.2, 0.25) is 0 Å². The molecule has 0 aromatic heterocycles. The fourth-order valence-corrected chi connectivity index (χ4v) is 5.58. The lowest BCUT2D eigenvalue weighted by atomic mass is 9.71. The van der Waals surface area contributed by atoms with Crippen molar-refractivity contribution in [3.05, 3.63) is 83.9 Å². The average molecular weight is 457 g/mol. The predicted molar refractivity (Wildman–Crippen MR) is 149 cm³/mol. The maximum atomic E-state index is 4.81. The maximum Gasteiger partial charge on any atom is 0.0733 e. The molecule has 0 heterocycles. The first-order chi connectivity index (χ1) is 16.7. The molecule has 0 N–H and O–H groups in total. The summed E-state index contributed by atoms with van der Waals surface area (Å²) in [5, 5.41) is 9.37. The number of benzene rings is 2. The smallest absolute Gasteiger partial charge is 0.0733 e. The highest BCUT2D eigenvalue weighted by Crippen LogP contribution is 2.38. The molecule has 0 spiro atoms. The molecule has 0 amide bonds. The summed E-state index contributed by atoms with van der Waals surface area (Å²) in [6, 6.07) is 19.4. The molecule has 0 atom stereocenters. The molecule has 0 bridgehead atoms. The van der Waals surface area contributed by atoms with Gasteiger partial charge in [-0.05, 0) is 73.5 Å². The first kappa shape index (κ1) is 26.1. The number of hydrogen-bond acceptors (Lipinski definition) is 2. The number of rotatable bonds is 13. The molecule has 1 saturated carbocycles. The van der Waals surface area contributed by atoms with Crippen molar-refractivity contribution in [2.45, 2.75) is 84.5 Å². The van der Waals surface area contributed by atoms with Crippen LogP contribution in [-0.4, -0.2) is 11.9 Å². The van der Waals surface area contributed by atoms with Crippen LogP contribution < -0.4 is 0 Å². The Morgan fingerprint density at radius 3 is 2.24 bits per heavy atom. The fourth-order valence-electron chi connectivity index (χ4n) is 5.58. The van der Waals surface area contributed by atoms with Crippen molar-refractivity contribution >= 4 is 11.9 Å². The molecule has 1 fully saturated rings. The molecule has 2 nitrogen and oxygen atoms in total. The van der Waals surface area contributed by atoms with Crippen LogP contribution in [0.2, 0.25) is 0 Å². The second-order valence-electron chi connectivity index (χ2n) is 9.97. The molecule has 1 aliphatic rings. The van der Waals surface area contributed by atoms with Crippen molar-refractivity contribution in [3.63, 3.8) is 0 Å². The van der Waals surface area contributed by atoms with Crippen molar-refractivity contribution in [3.8, 4) is 0 Å². The van der Waals surface area contributed by atoms with Crippen molar-refractivity contribution in [1.82, 2.24) is 0 Å². The molecule has 182 valence electrons. The highest BCUT2D eigenvalue weighted by Gasteiger charge is 2.29. The van der Waals surface area contributed by atoms with Crippen LogP contribution in [0.1, 0.15) is 94.7 Å². The normalized spacial score (nSPS) is 19.1. The zero-order valence-corrected chi connectivity index (χ0v) is 21.5. The van der Waals surface area contributed by atoms with Gasteiger partial charge in [-0.15, -0.1) is 6.58 Å². The number of hydrogen-bond donors (Lipinski definition) is 0. The first-order valence-electron chi connectivity index (χ1n) is 13.6. The number of unbranched alkanes of at least 4 members (excludes halogenated alkanes) is 1. The Morgan fingerprint density at radius 2 is 1.62 bits per heavy atom. The molecule has 0 unspecified atom stereocenters. The van der Waals surface area contributed by atoms with Crippen LogP contribution in [0.5, 0.6) is 0 Å². The van der Waals surface area contributed by atoms with Gasteiger partial charge in [-0.25, -0.2) is 0 Å². The van der Waals surface area contributed by atoms with Gasteiger partial charge in [-0.2, -0.15) is 10.2 Å². The van der Waals surface area contributed by atoms with Crippen molar-refractivity contribution < 1.29 is 0 Å². The molecule has 34 heavy (non-hydrogen) atoms. The summed E-state index contributed by atoms with van der Waals surface area (Å²) in [4.78, 5) is 0. The van der Waals surface area contributed by atoms with Crippen molar-refractivity contribution in [2.75, 3.05) is 0 Å². The van der Waals surface area contributed by atoms with Gasteiger partial charge in [-0.3, -0.25) is 0 Å². The van der Waals surface area contributed by atoms with Gasteiger partial charge < -0.3 is 0 Å². The van der Waals surface area contributed by atoms with Crippen LogP contribution in [-0.2, 0) is 6.42 Å². The third-order valence-electron chi connectivity index (χ3n) is 7.44. The quantitative estimate of drug-likeness (QED) is 0.124. The molecule has 0 aliphatic heterocycles. The third kappa shape index (κ3) is 8.08. The van der Waals surface area contributed by atoms with E-state index < -0.39 is 0 Å². The SMILES string of the molecule is C=CCCCc1ccc(C=NN=C(c2ccccc2)[C@H]2CC[C@H](C(CCC)CCC)CC2)cc1. The molecule has 2 aromatic carbocycles. The summed E-state index contributed by atoms with van der Waals surface area (Å²) < 4.78 is 0. The van der Waals surface area contributed by atoms with Crippen LogP contribution in [0.4, 0.5) is 0 Å². The van der Waals surface area contributed by atoms with E-state index in [-0.39, 0.29) is 0 Å². The van der Waals surface area contributed by atoms with Crippen molar-refractivity contribution in [2.24, 2.45) is 28.0 Å². The van der Waals surface area contributed by atoms with Gasteiger partial charge in [0.25, 0.3) is 0 Å². The topological polar surface area (TPSA) is 24.7 Å². The zero-order valence-electron chi connectivity index (χ0n) is 21.5. The summed E-state index contributed by atoms with van der Waals surface area (Å²) >= 11 is 0. The summed E-state index contributed by atoms with van der Waals surface area (Å²) in [7, 11) is 0. The number of allylic oxidation sites excluding steroid dienone is 1. The van der Waals surface area contributed by atoms with Gasteiger partial charge in [0.1, 0.15) is 0 Å². The van der Waals surface area contributed by atoms with E-state index in [0.29, 0.717) is 5.92 Å². The molecule has 1 aliphatic carbocycles. The highest BCUT2D eigenvalue weighted by atomic mass is 15.2. The zero-order chi connectivity index (χ0) is 24.0. The van der Waals surface area contributed by atoms with Crippen LogP contribution in [0.15, 0.2) is 77.5 Å². The largest absolute Gasteiger partial charge is 0.158 e. The van der Waals surface area contributed by atoms with Crippen LogP contribution in [0.25, 0.3) is 0 Å². The molecule has 0 saturated heterocycles. The summed E-state index contributed by atoms with van der Waals surface area (Å²) in [6.07, 6.45) is 17.7. The average Bonchev–Trinajstić information content (AvgIpc) is 2.88. The van der Waals surface area contributed by atoms with Gasteiger partial charge in [0, 0.05) is 5.92 Å². The standard InChI is InChI=1S/C32H44N2/c1-4-7-9-14-26-17-19-27(20-18-26)25-33-34-32(30-15-10-8-11-16-30)31-23-21-29(22-24-31)28(12-5-2)13-6-3/h4,8,10-11,15-20,25,28-29,31H,1,5-7,9,12-14,21-24H2,2-3H3/t29-,31-. The fraction of sp³-hybridized carbons (Fsp3) is 0.500. The second-order valence-corrected chi connectivity index (χ2v) is 9.97. The van der Waals surface area contributed by atoms with E-state index in [1.807, 2.05) is 12.3 Å². The Bertz CT molecular complexity index is 880. The van der Waals surface area contributed by atoms with Gasteiger partial charge in [-0.1, -0.05) is 100 Å². The van der Waals surface area contributed by atoms with Gasteiger partial charge >= 0.3 is 0 Å². The number of nitrogens with zero attached hydrogens (tertiary/aromatic N) is 2. The minimum Gasteiger partial charge on any atom is -0.158 e. The first-order valence-corrected chi connectivity index (χ1v) is 13.6. The molecule has 3 rings (SSSR count). The van der Waals surface area contributed by atoms with E-state index in [1.54, 1.807) is 0 Å². The van der Waals surface area contributed by atoms with E-state index in [0.717, 1.165) is 36.7 Å². The lowest BCUT2D eigenvalue weighted by Crippen LogP contribution is -2.26. The molecular weight excluding hydrogens is 412 g/mol. The van der Waals surface area contributed by atoms with Gasteiger partial charge in [0.05, 0.1) is 11.9 Å². The molecular formula is C32H44N2. The van der Waals surface area contributed by atoms with E-state index in [4.69, 9.17) is 5.10 Å². The lowest BCUT2D eigenvalue weighted by molar-refractivity contribution is 0.206. The minimum absolute atomic E-state index is 0.506. The highest BCUT2D eigenvalue weighted by molar-refractivity contribution is 6.02. The Labute approximate surface area is 208 Å². The van der Waals surface area contributed by atoms with Crippen LogP contribution in [0, 0.1) is 17.8 Å². The number of aryl methyl sites for hydroxylation is 1. The lowest BCUT2D eigenvalue weighted by Gasteiger charge is -2.34. The van der Waals surface area contributed by atoms with Gasteiger partial charge in [0.15, 0.2) is 0 Å². The van der Waals surface area contributed by atoms with Crippen LogP contribution >= 0.6 is 0 Å². The summed E-state index contributed by atoms with van der Waals surface area (Å²) in [6.45, 7) is 8.48. The Morgan fingerprint density at radius 1 is 0.941 bits per heavy atom. The summed E-state index contributed by atoms with van der Waals surface area (Å²) in [5.74, 6) is 2.31. The van der Waals surface area contributed by atoms with Crippen LogP contribution in [0.3, 0.4) is 0 Å². The maximum absolute atomic E-state index is 4.81. The third-order valence-corrected chi connectivity index (χ3v) is 7.44. The molecule has 2 aromatic rings. The minimum atomic E-state index is 0.506.